The van der Waals surface area contributed by atoms with Gasteiger partial charge in [0.25, 0.3) is 5.91 Å². The smallest absolute Gasteiger partial charge is 0.338 e. The highest BCUT2D eigenvalue weighted by molar-refractivity contribution is 6.10. The molecule has 1 fully saturated rings. The van der Waals surface area contributed by atoms with E-state index in [0.29, 0.717) is 16.8 Å². The third kappa shape index (κ3) is 4.17. The number of imide groups is 1. The van der Waals surface area contributed by atoms with Crippen LogP contribution in [0.4, 0.5) is 10.5 Å². The first-order chi connectivity index (χ1) is 14.2. The summed E-state index contributed by atoms with van der Waals surface area (Å²) in [5.41, 5.74) is 1.24. The van der Waals surface area contributed by atoms with Crippen molar-refractivity contribution in [2.75, 3.05) is 18.5 Å². The number of amides is 4. The molecule has 30 heavy (non-hydrogen) atoms. The van der Waals surface area contributed by atoms with E-state index in [1.807, 2.05) is 19.1 Å². The van der Waals surface area contributed by atoms with Gasteiger partial charge in [-0.05, 0) is 50.6 Å². The molecule has 2 aromatic rings. The molecule has 0 spiro atoms. The number of ether oxygens (including phenoxy) is 1. The van der Waals surface area contributed by atoms with Gasteiger partial charge in [0.1, 0.15) is 12.1 Å². The van der Waals surface area contributed by atoms with Gasteiger partial charge in [0.2, 0.25) is 5.91 Å². The van der Waals surface area contributed by atoms with Crippen LogP contribution >= 0.6 is 0 Å². The normalized spacial score (nSPS) is 18.2. The number of aryl methyl sites for hydroxylation is 1. The quantitative estimate of drug-likeness (QED) is 0.564. The average molecular weight is 409 g/mol. The molecule has 156 valence electrons. The number of carbonyl (C=O) groups is 4. The number of hydrogen-bond acceptors (Lipinski definition) is 5. The number of anilines is 1. The molecule has 1 atom stereocenters. The summed E-state index contributed by atoms with van der Waals surface area (Å²) < 4.78 is 4.91. The first kappa shape index (κ1) is 21.0. The minimum Gasteiger partial charge on any atom is -0.462 e. The Morgan fingerprint density at radius 3 is 2.30 bits per heavy atom. The van der Waals surface area contributed by atoms with E-state index in [9.17, 15) is 19.2 Å². The van der Waals surface area contributed by atoms with Crippen LogP contribution in [0.15, 0.2) is 48.5 Å². The van der Waals surface area contributed by atoms with Crippen molar-refractivity contribution in [1.82, 2.24) is 10.2 Å². The summed E-state index contributed by atoms with van der Waals surface area (Å²) in [6, 6.07) is 12.8. The number of esters is 1. The summed E-state index contributed by atoms with van der Waals surface area (Å²) in [4.78, 5) is 50.2. The largest absolute Gasteiger partial charge is 0.462 e. The van der Waals surface area contributed by atoms with E-state index < -0.39 is 35.9 Å². The third-order valence-electron chi connectivity index (χ3n) is 4.89. The number of nitrogens with zero attached hydrogens (tertiary/aromatic N) is 1. The molecule has 1 unspecified atom stereocenters. The molecule has 0 saturated carbocycles. The molecule has 0 aromatic heterocycles. The van der Waals surface area contributed by atoms with Crippen LogP contribution in [0.1, 0.15) is 35.3 Å². The second kappa shape index (κ2) is 8.36. The van der Waals surface area contributed by atoms with Crippen molar-refractivity contribution >= 4 is 29.5 Å². The number of rotatable bonds is 6. The number of nitrogens with one attached hydrogen (secondary N) is 2. The summed E-state index contributed by atoms with van der Waals surface area (Å²) in [7, 11) is 0. The van der Waals surface area contributed by atoms with E-state index >= 15 is 0 Å². The molecule has 3 rings (SSSR count). The van der Waals surface area contributed by atoms with E-state index in [-0.39, 0.29) is 6.61 Å². The summed E-state index contributed by atoms with van der Waals surface area (Å²) in [5.74, 6) is -1.48. The summed E-state index contributed by atoms with van der Waals surface area (Å²) >= 11 is 0. The third-order valence-corrected chi connectivity index (χ3v) is 4.89. The Hall–Kier alpha value is -3.68. The fourth-order valence-electron chi connectivity index (χ4n) is 3.17. The first-order valence-electron chi connectivity index (χ1n) is 9.53. The Morgan fingerprint density at radius 2 is 1.70 bits per heavy atom. The summed E-state index contributed by atoms with van der Waals surface area (Å²) in [5, 5.41) is 5.29. The lowest BCUT2D eigenvalue weighted by atomic mass is 9.91. The van der Waals surface area contributed by atoms with Gasteiger partial charge < -0.3 is 15.4 Å². The van der Waals surface area contributed by atoms with Gasteiger partial charge in [-0.3, -0.25) is 14.5 Å². The zero-order chi connectivity index (χ0) is 21.9. The topological polar surface area (TPSA) is 105 Å². The number of carbonyl (C=O) groups excluding carboxylic acids is 4. The van der Waals surface area contributed by atoms with Gasteiger partial charge in [-0.1, -0.05) is 29.8 Å². The number of benzene rings is 2. The number of urea groups is 1. The molecule has 0 bridgehead atoms. The Kier molecular flexibility index (Phi) is 5.86. The molecule has 2 aromatic carbocycles. The molecule has 1 aliphatic rings. The van der Waals surface area contributed by atoms with E-state index in [1.54, 1.807) is 38.1 Å². The molecular formula is C22H23N3O5. The number of hydrogen-bond donors (Lipinski definition) is 2. The lowest BCUT2D eigenvalue weighted by Gasteiger charge is -2.22. The summed E-state index contributed by atoms with van der Waals surface area (Å²) in [6.45, 7) is 5.10. The van der Waals surface area contributed by atoms with Crippen LogP contribution in [0.25, 0.3) is 0 Å². The molecule has 0 radical (unpaired) electrons. The van der Waals surface area contributed by atoms with Gasteiger partial charge in [0.05, 0.1) is 12.2 Å². The van der Waals surface area contributed by atoms with E-state index in [2.05, 4.69) is 10.6 Å². The highest BCUT2D eigenvalue weighted by atomic mass is 16.5. The minimum absolute atomic E-state index is 0.269. The molecule has 2 N–H and O–H groups in total. The van der Waals surface area contributed by atoms with Crippen LogP contribution in [0, 0.1) is 6.92 Å². The summed E-state index contributed by atoms with van der Waals surface area (Å²) in [6.07, 6.45) is 0. The highest BCUT2D eigenvalue weighted by Gasteiger charge is 2.49. The van der Waals surface area contributed by atoms with Crippen molar-refractivity contribution in [2.24, 2.45) is 0 Å². The van der Waals surface area contributed by atoms with Crippen molar-refractivity contribution in [2.45, 2.75) is 26.3 Å². The molecular weight excluding hydrogens is 386 g/mol. The average Bonchev–Trinajstić information content (AvgIpc) is 2.93. The van der Waals surface area contributed by atoms with Crippen molar-refractivity contribution in [3.8, 4) is 0 Å². The first-order valence-corrected chi connectivity index (χ1v) is 9.53. The van der Waals surface area contributed by atoms with E-state index in [4.69, 9.17) is 4.74 Å². The maximum absolute atomic E-state index is 12.9. The lowest BCUT2D eigenvalue weighted by Crippen LogP contribution is -2.42. The lowest BCUT2D eigenvalue weighted by molar-refractivity contribution is -0.133. The highest BCUT2D eigenvalue weighted by Crippen LogP contribution is 2.29. The van der Waals surface area contributed by atoms with Gasteiger partial charge in [0, 0.05) is 5.69 Å². The zero-order valence-electron chi connectivity index (χ0n) is 17.0. The van der Waals surface area contributed by atoms with Crippen LogP contribution in [0.2, 0.25) is 0 Å². The Labute approximate surface area is 174 Å². The fourth-order valence-corrected chi connectivity index (χ4v) is 3.17. The van der Waals surface area contributed by atoms with Crippen LogP contribution < -0.4 is 10.6 Å². The molecule has 4 amide bonds. The molecule has 8 nitrogen and oxygen atoms in total. The van der Waals surface area contributed by atoms with Crippen molar-refractivity contribution in [1.29, 1.82) is 0 Å². The van der Waals surface area contributed by atoms with Crippen LogP contribution in [0.3, 0.4) is 0 Å². The van der Waals surface area contributed by atoms with Gasteiger partial charge in [-0.2, -0.15) is 0 Å². The van der Waals surface area contributed by atoms with Gasteiger partial charge in [-0.25, -0.2) is 9.59 Å². The molecule has 1 saturated heterocycles. The van der Waals surface area contributed by atoms with Gasteiger partial charge >= 0.3 is 12.0 Å². The van der Waals surface area contributed by atoms with Gasteiger partial charge in [0.15, 0.2) is 0 Å². The van der Waals surface area contributed by atoms with Gasteiger partial charge in [-0.15, -0.1) is 0 Å². The van der Waals surface area contributed by atoms with Crippen LogP contribution in [0.5, 0.6) is 0 Å². The SMILES string of the molecule is CCOC(=O)c1ccc(NC(=O)CN2C(=O)NC(C)(c3ccc(C)cc3)C2=O)cc1. The predicted molar refractivity (Wildman–Crippen MR) is 110 cm³/mol. The Balaban J connectivity index is 1.66. The van der Waals surface area contributed by atoms with Crippen molar-refractivity contribution in [3.05, 3.63) is 65.2 Å². The second-order valence-corrected chi connectivity index (χ2v) is 7.16. The van der Waals surface area contributed by atoms with Crippen molar-refractivity contribution < 1.29 is 23.9 Å². The Bertz CT molecular complexity index is 985. The maximum Gasteiger partial charge on any atom is 0.338 e. The Morgan fingerprint density at radius 1 is 1.07 bits per heavy atom. The van der Waals surface area contributed by atoms with E-state index in [1.165, 1.54) is 12.1 Å². The zero-order valence-corrected chi connectivity index (χ0v) is 17.0. The van der Waals surface area contributed by atoms with Crippen molar-refractivity contribution in [3.63, 3.8) is 0 Å². The molecule has 8 heteroatoms. The molecule has 0 aliphatic carbocycles. The maximum atomic E-state index is 12.9. The predicted octanol–water partition coefficient (Wildman–Crippen LogP) is 2.58. The second-order valence-electron chi connectivity index (χ2n) is 7.16. The standard InChI is InChI=1S/C22H23N3O5/c1-4-30-19(27)15-7-11-17(12-8-15)23-18(26)13-25-20(28)22(3,24-21(25)29)16-9-5-14(2)6-10-16/h5-12H,4,13H2,1-3H3,(H,23,26)(H,24,29). The fraction of sp³-hybridized carbons (Fsp3) is 0.273. The molecule has 1 heterocycles. The van der Waals surface area contributed by atoms with Crippen LogP contribution in [-0.2, 0) is 19.9 Å². The minimum atomic E-state index is -1.23. The van der Waals surface area contributed by atoms with Crippen LogP contribution in [-0.4, -0.2) is 41.9 Å². The molecule has 1 aliphatic heterocycles. The van der Waals surface area contributed by atoms with E-state index in [0.717, 1.165) is 10.5 Å². The monoisotopic (exact) mass is 409 g/mol.